The van der Waals surface area contributed by atoms with Crippen LogP contribution >= 0.6 is 0 Å². The molecule has 4 rings (SSSR count). The highest BCUT2D eigenvalue weighted by Crippen LogP contribution is 2.41. The average Bonchev–Trinajstić information content (AvgIpc) is 3.20. The fourth-order valence-electron chi connectivity index (χ4n) is 3.58. The van der Waals surface area contributed by atoms with Crippen LogP contribution in [0.1, 0.15) is 12.1 Å². The van der Waals surface area contributed by atoms with Crippen molar-refractivity contribution in [3.63, 3.8) is 0 Å². The molecule has 1 aromatic heterocycles. The van der Waals surface area contributed by atoms with Crippen molar-refractivity contribution in [3.05, 3.63) is 94.7 Å². The predicted octanol–water partition coefficient (Wildman–Crippen LogP) is 5.46. The molecule has 4 aromatic rings. The van der Waals surface area contributed by atoms with Gasteiger partial charge in [0.2, 0.25) is 0 Å². The van der Waals surface area contributed by atoms with Crippen LogP contribution in [0.4, 0.5) is 14.5 Å². The molecule has 0 saturated heterocycles. The number of aromatic nitrogens is 2. The van der Waals surface area contributed by atoms with Gasteiger partial charge in [0.1, 0.15) is 11.4 Å². The Hall–Kier alpha value is -3.92. The maximum Gasteiger partial charge on any atom is 0.294 e. The molecule has 33 heavy (non-hydrogen) atoms. The molecule has 0 aliphatic rings. The van der Waals surface area contributed by atoms with Crippen LogP contribution in [-0.2, 0) is 9.84 Å². The summed E-state index contributed by atoms with van der Waals surface area (Å²) in [7, 11) is -3.48. The Morgan fingerprint density at radius 1 is 0.909 bits per heavy atom. The van der Waals surface area contributed by atoms with Gasteiger partial charge in [0.05, 0.1) is 15.5 Å². The maximum absolute atomic E-state index is 14.1. The van der Waals surface area contributed by atoms with Crippen LogP contribution < -0.4 is 0 Å². The van der Waals surface area contributed by atoms with E-state index < -0.39 is 26.9 Å². The van der Waals surface area contributed by atoms with Crippen molar-refractivity contribution in [1.29, 1.82) is 0 Å². The van der Waals surface area contributed by atoms with Crippen molar-refractivity contribution in [2.24, 2.45) is 0 Å². The van der Waals surface area contributed by atoms with E-state index in [1.807, 2.05) is 0 Å². The number of hydrogen-bond acceptors (Lipinski definition) is 5. The number of para-hydroxylation sites is 2. The summed E-state index contributed by atoms with van der Waals surface area (Å²) in [5.41, 5.74) is 0.269. The van der Waals surface area contributed by atoms with Gasteiger partial charge in [-0.2, -0.15) is 5.10 Å². The smallest absolute Gasteiger partial charge is 0.258 e. The minimum Gasteiger partial charge on any atom is -0.258 e. The largest absolute Gasteiger partial charge is 0.294 e. The number of sulfone groups is 1. The first-order valence-corrected chi connectivity index (χ1v) is 11.6. The lowest BCUT2D eigenvalue weighted by Crippen LogP contribution is -2.04. The summed E-state index contributed by atoms with van der Waals surface area (Å²) in [6, 6.07) is 19.7. The molecule has 0 aliphatic carbocycles. The summed E-state index contributed by atoms with van der Waals surface area (Å²) in [4.78, 5) is 11.1. The molecule has 3 aromatic carbocycles. The van der Waals surface area contributed by atoms with E-state index in [2.05, 4.69) is 5.10 Å². The topological polar surface area (TPSA) is 95.1 Å². The molecular formula is C23H17F2N3O4S. The quantitative estimate of drug-likeness (QED) is 0.276. The third-order valence-electron chi connectivity index (χ3n) is 5.04. The van der Waals surface area contributed by atoms with Crippen LogP contribution in [0.3, 0.4) is 0 Å². The van der Waals surface area contributed by atoms with E-state index in [4.69, 9.17) is 0 Å². The first-order valence-electron chi connectivity index (χ1n) is 9.69. The first kappa shape index (κ1) is 22.3. The fraction of sp³-hybridized carbons (Fsp3) is 0.0870. The normalized spacial score (nSPS) is 11.6. The van der Waals surface area contributed by atoms with Gasteiger partial charge in [-0.25, -0.2) is 21.9 Å². The number of nitro groups is 1. The molecule has 0 bridgehead atoms. The number of nitrogens with zero attached hydrogens (tertiary/aromatic N) is 3. The van der Waals surface area contributed by atoms with Crippen molar-refractivity contribution in [2.75, 3.05) is 6.26 Å². The SMILES string of the molecule is CS(=O)(=O)c1ccc(-c2c(-c3ccccc3)c(C(F)F)nn2-c2ccccc2[N+](=O)[O-])cc1. The molecule has 0 amide bonds. The van der Waals surface area contributed by atoms with Crippen molar-refractivity contribution in [3.8, 4) is 28.1 Å². The summed E-state index contributed by atoms with van der Waals surface area (Å²) in [6.45, 7) is 0. The maximum atomic E-state index is 14.1. The van der Waals surface area contributed by atoms with E-state index >= 15 is 0 Å². The van der Waals surface area contributed by atoms with Crippen molar-refractivity contribution in [2.45, 2.75) is 11.3 Å². The summed E-state index contributed by atoms with van der Waals surface area (Å²) in [6.07, 6.45) is -1.90. The number of alkyl halides is 2. The van der Waals surface area contributed by atoms with E-state index in [9.17, 15) is 27.3 Å². The number of hydrogen-bond donors (Lipinski definition) is 0. The monoisotopic (exact) mass is 469 g/mol. The third kappa shape index (κ3) is 4.24. The summed E-state index contributed by atoms with van der Waals surface area (Å²) in [5, 5.41) is 15.7. The van der Waals surface area contributed by atoms with Crippen molar-refractivity contribution < 1.29 is 22.1 Å². The van der Waals surface area contributed by atoms with Crippen LogP contribution in [0.25, 0.3) is 28.1 Å². The highest BCUT2D eigenvalue weighted by Gasteiger charge is 2.29. The fourth-order valence-corrected chi connectivity index (χ4v) is 4.21. The number of benzene rings is 3. The van der Waals surface area contributed by atoms with Crippen LogP contribution in [0.5, 0.6) is 0 Å². The van der Waals surface area contributed by atoms with Crippen LogP contribution in [0.15, 0.2) is 83.8 Å². The molecule has 0 aliphatic heterocycles. The molecule has 0 atom stereocenters. The van der Waals surface area contributed by atoms with Gasteiger partial charge in [-0.3, -0.25) is 10.1 Å². The Bertz CT molecular complexity index is 1430. The number of halogens is 2. The second-order valence-electron chi connectivity index (χ2n) is 7.23. The Kier molecular flexibility index (Phi) is 5.77. The van der Waals surface area contributed by atoms with Gasteiger partial charge < -0.3 is 0 Å². The lowest BCUT2D eigenvalue weighted by molar-refractivity contribution is -0.384. The zero-order chi connectivity index (χ0) is 23.8. The minimum atomic E-state index is -3.48. The van der Waals surface area contributed by atoms with E-state index in [-0.39, 0.29) is 27.5 Å². The molecule has 7 nitrogen and oxygen atoms in total. The van der Waals surface area contributed by atoms with Crippen molar-refractivity contribution in [1.82, 2.24) is 9.78 Å². The molecule has 1 heterocycles. The zero-order valence-electron chi connectivity index (χ0n) is 17.2. The highest BCUT2D eigenvalue weighted by atomic mass is 32.2. The molecular weight excluding hydrogens is 452 g/mol. The van der Waals surface area contributed by atoms with E-state index in [0.717, 1.165) is 10.9 Å². The molecule has 0 radical (unpaired) electrons. The highest BCUT2D eigenvalue weighted by molar-refractivity contribution is 7.90. The van der Waals surface area contributed by atoms with E-state index in [1.54, 1.807) is 36.4 Å². The second kappa shape index (κ2) is 8.55. The van der Waals surface area contributed by atoms with E-state index in [0.29, 0.717) is 11.1 Å². The zero-order valence-corrected chi connectivity index (χ0v) is 18.0. The van der Waals surface area contributed by atoms with Gasteiger partial charge in [-0.1, -0.05) is 54.6 Å². The average molecular weight is 469 g/mol. The first-order chi connectivity index (χ1) is 15.7. The summed E-state index contributed by atoms with van der Waals surface area (Å²) < 4.78 is 53.1. The van der Waals surface area contributed by atoms with Crippen LogP contribution in [0, 0.1) is 10.1 Å². The Morgan fingerprint density at radius 3 is 2.09 bits per heavy atom. The Labute approximate surface area is 188 Å². The molecule has 0 fully saturated rings. The number of nitro benzene ring substituents is 1. The van der Waals surface area contributed by atoms with Gasteiger partial charge in [0.25, 0.3) is 12.1 Å². The molecule has 0 unspecified atom stereocenters. The summed E-state index contributed by atoms with van der Waals surface area (Å²) >= 11 is 0. The molecule has 0 spiro atoms. The molecule has 168 valence electrons. The van der Waals surface area contributed by atoms with Gasteiger partial charge >= 0.3 is 0 Å². The third-order valence-corrected chi connectivity index (χ3v) is 6.17. The van der Waals surface area contributed by atoms with Gasteiger partial charge in [0, 0.05) is 23.4 Å². The van der Waals surface area contributed by atoms with E-state index in [1.165, 1.54) is 42.5 Å². The molecule has 0 N–H and O–H groups in total. The van der Waals surface area contributed by atoms with Gasteiger partial charge in [-0.05, 0) is 23.8 Å². The summed E-state index contributed by atoms with van der Waals surface area (Å²) in [5.74, 6) is 0. The molecule has 0 saturated carbocycles. The Morgan fingerprint density at radius 2 is 1.52 bits per heavy atom. The van der Waals surface area contributed by atoms with Crippen LogP contribution in [-0.4, -0.2) is 29.4 Å². The Balaban J connectivity index is 2.09. The molecule has 10 heteroatoms. The minimum absolute atomic E-state index is 0.00812. The van der Waals surface area contributed by atoms with Crippen molar-refractivity contribution >= 4 is 15.5 Å². The standard InChI is InChI=1S/C23H17F2N3O4S/c1-33(31,32)17-13-11-16(12-14-17)22-20(15-7-3-2-4-8-15)21(23(24)25)26-27(22)18-9-5-6-10-19(18)28(29)30/h2-14,23H,1H3. The second-order valence-corrected chi connectivity index (χ2v) is 9.25. The van der Waals surface area contributed by atoms with Gasteiger partial charge in [-0.15, -0.1) is 0 Å². The number of rotatable bonds is 6. The lowest BCUT2D eigenvalue weighted by Gasteiger charge is -2.11. The predicted molar refractivity (Wildman–Crippen MR) is 119 cm³/mol. The lowest BCUT2D eigenvalue weighted by atomic mass is 9.98. The van der Waals surface area contributed by atoms with Gasteiger partial charge in [0.15, 0.2) is 9.84 Å². The van der Waals surface area contributed by atoms with Crippen LogP contribution in [0.2, 0.25) is 0 Å².